The van der Waals surface area contributed by atoms with Crippen molar-refractivity contribution in [3.63, 3.8) is 0 Å². The highest BCUT2D eigenvalue weighted by atomic mass is 16.5. The van der Waals surface area contributed by atoms with E-state index in [0.717, 1.165) is 29.8 Å². The van der Waals surface area contributed by atoms with E-state index in [4.69, 9.17) is 10.5 Å². The number of para-hydroxylation sites is 1. The van der Waals surface area contributed by atoms with E-state index < -0.39 is 0 Å². The zero-order valence-corrected chi connectivity index (χ0v) is 9.81. The standard InChI is InChI=1S/C13H15N3O/c1-13(6-7-17-8-13)12-15-10-5-3-2-4-9(10)11(14)16-12/h2-5H,6-8H2,1H3,(H2,14,15,16). The SMILES string of the molecule is CC1(c2nc(N)c3ccccc3n2)CCOC1. The summed E-state index contributed by atoms with van der Waals surface area (Å²) < 4.78 is 5.45. The van der Waals surface area contributed by atoms with Gasteiger partial charge in [0.1, 0.15) is 11.6 Å². The summed E-state index contributed by atoms with van der Waals surface area (Å²) in [5.74, 6) is 1.35. The Balaban J connectivity index is 2.18. The molecule has 4 heteroatoms. The van der Waals surface area contributed by atoms with E-state index >= 15 is 0 Å². The predicted octanol–water partition coefficient (Wildman–Crippen LogP) is 1.89. The molecule has 17 heavy (non-hydrogen) atoms. The lowest BCUT2D eigenvalue weighted by Crippen LogP contribution is -2.25. The number of nitrogen functional groups attached to an aromatic ring is 1. The van der Waals surface area contributed by atoms with Crippen molar-refractivity contribution in [3.05, 3.63) is 30.1 Å². The van der Waals surface area contributed by atoms with Gasteiger partial charge in [0.05, 0.1) is 17.5 Å². The second-order valence-corrected chi connectivity index (χ2v) is 4.81. The summed E-state index contributed by atoms with van der Waals surface area (Å²) in [5.41, 5.74) is 6.80. The van der Waals surface area contributed by atoms with Crippen LogP contribution in [0.4, 0.5) is 5.82 Å². The first-order valence-electron chi connectivity index (χ1n) is 5.79. The molecule has 2 heterocycles. The molecular weight excluding hydrogens is 214 g/mol. The largest absolute Gasteiger partial charge is 0.383 e. The first-order valence-corrected chi connectivity index (χ1v) is 5.79. The molecule has 1 fully saturated rings. The minimum atomic E-state index is -0.0991. The zero-order valence-electron chi connectivity index (χ0n) is 9.81. The van der Waals surface area contributed by atoms with Gasteiger partial charge in [-0.15, -0.1) is 0 Å². The maximum atomic E-state index is 5.99. The van der Waals surface area contributed by atoms with Gasteiger partial charge >= 0.3 is 0 Å². The number of nitrogens with two attached hydrogens (primary N) is 1. The smallest absolute Gasteiger partial charge is 0.139 e. The first-order chi connectivity index (χ1) is 8.19. The molecule has 1 aromatic carbocycles. The van der Waals surface area contributed by atoms with Gasteiger partial charge in [0.2, 0.25) is 0 Å². The third-order valence-electron chi connectivity index (χ3n) is 3.39. The minimum Gasteiger partial charge on any atom is -0.383 e. The Bertz CT molecular complexity index is 562. The zero-order chi connectivity index (χ0) is 11.9. The Morgan fingerprint density at radius 1 is 1.29 bits per heavy atom. The molecular formula is C13H15N3O. The van der Waals surface area contributed by atoms with Crippen molar-refractivity contribution in [2.45, 2.75) is 18.8 Å². The van der Waals surface area contributed by atoms with Crippen LogP contribution in [-0.2, 0) is 10.2 Å². The molecule has 1 saturated heterocycles. The van der Waals surface area contributed by atoms with E-state index in [0.29, 0.717) is 12.4 Å². The fraction of sp³-hybridized carbons (Fsp3) is 0.385. The van der Waals surface area contributed by atoms with Crippen LogP contribution >= 0.6 is 0 Å². The molecule has 0 bridgehead atoms. The average molecular weight is 229 g/mol. The van der Waals surface area contributed by atoms with Gasteiger partial charge in [-0.1, -0.05) is 19.1 Å². The molecule has 0 spiro atoms. The average Bonchev–Trinajstić information content (AvgIpc) is 2.78. The predicted molar refractivity (Wildman–Crippen MR) is 66.7 cm³/mol. The van der Waals surface area contributed by atoms with Crippen LogP contribution in [0.1, 0.15) is 19.2 Å². The third kappa shape index (κ3) is 1.65. The van der Waals surface area contributed by atoms with Crippen molar-refractivity contribution in [2.24, 2.45) is 0 Å². The van der Waals surface area contributed by atoms with Crippen molar-refractivity contribution >= 4 is 16.7 Å². The highest BCUT2D eigenvalue weighted by Gasteiger charge is 2.35. The van der Waals surface area contributed by atoms with Crippen LogP contribution in [0.15, 0.2) is 24.3 Å². The number of anilines is 1. The fourth-order valence-electron chi connectivity index (χ4n) is 2.21. The number of benzene rings is 1. The molecule has 1 atom stereocenters. The van der Waals surface area contributed by atoms with Gasteiger partial charge < -0.3 is 10.5 Å². The summed E-state index contributed by atoms with van der Waals surface area (Å²) in [6.07, 6.45) is 0.949. The topological polar surface area (TPSA) is 61.0 Å². The summed E-state index contributed by atoms with van der Waals surface area (Å²) in [6, 6.07) is 7.83. The van der Waals surface area contributed by atoms with E-state index in [1.165, 1.54) is 0 Å². The van der Waals surface area contributed by atoms with Gasteiger partial charge in [-0.3, -0.25) is 0 Å². The molecule has 0 aliphatic carbocycles. The lowest BCUT2D eigenvalue weighted by atomic mass is 9.89. The van der Waals surface area contributed by atoms with Crippen LogP contribution in [0, 0.1) is 0 Å². The van der Waals surface area contributed by atoms with Crippen molar-refractivity contribution in [1.29, 1.82) is 0 Å². The number of hydrogen-bond donors (Lipinski definition) is 1. The number of hydrogen-bond acceptors (Lipinski definition) is 4. The molecule has 0 radical (unpaired) electrons. The molecule has 2 aromatic rings. The van der Waals surface area contributed by atoms with Crippen molar-refractivity contribution in [1.82, 2.24) is 9.97 Å². The molecule has 1 aliphatic rings. The fourth-order valence-corrected chi connectivity index (χ4v) is 2.21. The van der Waals surface area contributed by atoms with Gasteiger partial charge in [-0.2, -0.15) is 0 Å². The van der Waals surface area contributed by atoms with Gasteiger partial charge in [0.15, 0.2) is 0 Å². The Morgan fingerprint density at radius 3 is 2.88 bits per heavy atom. The van der Waals surface area contributed by atoms with Gasteiger partial charge in [-0.05, 0) is 18.6 Å². The highest BCUT2D eigenvalue weighted by Crippen LogP contribution is 2.32. The monoisotopic (exact) mass is 229 g/mol. The third-order valence-corrected chi connectivity index (χ3v) is 3.39. The summed E-state index contributed by atoms with van der Waals surface area (Å²) in [4.78, 5) is 9.06. The number of nitrogens with zero attached hydrogens (tertiary/aromatic N) is 2. The summed E-state index contributed by atoms with van der Waals surface area (Å²) >= 11 is 0. The normalized spacial score (nSPS) is 24.3. The van der Waals surface area contributed by atoms with Crippen LogP contribution in [0.5, 0.6) is 0 Å². The molecule has 88 valence electrons. The first kappa shape index (κ1) is 10.5. The van der Waals surface area contributed by atoms with Crippen molar-refractivity contribution in [2.75, 3.05) is 18.9 Å². The van der Waals surface area contributed by atoms with Crippen LogP contribution in [-0.4, -0.2) is 23.2 Å². The van der Waals surface area contributed by atoms with Gasteiger partial charge in [0, 0.05) is 12.0 Å². The van der Waals surface area contributed by atoms with E-state index in [-0.39, 0.29) is 5.41 Å². The maximum absolute atomic E-state index is 5.99. The van der Waals surface area contributed by atoms with Gasteiger partial charge in [-0.25, -0.2) is 9.97 Å². The van der Waals surface area contributed by atoms with Crippen LogP contribution in [0.3, 0.4) is 0 Å². The molecule has 1 unspecified atom stereocenters. The molecule has 1 aromatic heterocycles. The van der Waals surface area contributed by atoms with Crippen LogP contribution in [0.2, 0.25) is 0 Å². The van der Waals surface area contributed by atoms with Crippen LogP contribution in [0.25, 0.3) is 10.9 Å². The van der Waals surface area contributed by atoms with E-state index in [1.807, 2.05) is 24.3 Å². The van der Waals surface area contributed by atoms with Crippen molar-refractivity contribution in [3.8, 4) is 0 Å². The van der Waals surface area contributed by atoms with E-state index in [1.54, 1.807) is 0 Å². The quantitative estimate of drug-likeness (QED) is 0.811. The highest BCUT2D eigenvalue weighted by molar-refractivity contribution is 5.87. The Morgan fingerprint density at radius 2 is 2.12 bits per heavy atom. The lowest BCUT2D eigenvalue weighted by Gasteiger charge is -2.20. The Kier molecular flexibility index (Phi) is 2.26. The lowest BCUT2D eigenvalue weighted by molar-refractivity contribution is 0.179. The summed E-state index contributed by atoms with van der Waals surface area (Å²) in [7, 11) is 0. The Labute approximate surface area is 99.8 Å². The Hall–Kier alpha value is -1.68. The molecule has 2 N–H and O–H groups in total. The number of ether oxygens (including phenoxy) is 1. The summed E-state index contributed by atoms with van der Waals surface area (Å²) in [6.45, 7) is 3.57. The maximum Gasteiger partial charge on any atom is 0.139 e. The number of aromatic nitrogens is 2. The van der Waals surface area contributed by atoms with E-state index in [2.05, 4.69) is 16.9 Å². The van der Waals surface area contributed by atoms with Crippen LogP contribution < -0.4 is 5.73 Å². The van der Waals surface area contributed by atoms with Crippen molar-refractivity contribution < 1.29 is 4.74 Å². The molecule has 3 rings (SSSR count). The molecule has 0 amide bonds. The minimum absolute atomic E-state index is 0.0991. The number of rotatable bonds is 1. The number of fused-ring (bicyclic) bond motifs is 1. The molecule has 4 nitrogen and oxygen atoms in total. The molecule has 0 saturated carbocycles. The van der Waals surface area contributed by atoms with E-state index in [9.17, 15) is 0 Å². The summed E-state index contributed by atoms with van der Waals surface area (Å²) in [5, 5.41) is 0.916. The van der Waals surface area contributed by atoms with Gasteiger partial charge in [0.25, 0.3) is 0 Å². The molecule has 1 aliphatic heterocycles. The second kappa shape index (κ2) is 3.67. The second-order valence-electron chi connectivity index (χ2n) is 4.81.